The lowest BCUT2D eigenvalue weighted by Gasteiger charge is -2.21. The molecule has 2 aromatic rings. The molecule has 0 bridgehead atoms. The predicted octanol–water partition coefficient (Wildman–Crippen LogP) is 3.93. The highest BCUT2D eigenvalue weighted by Crippen LogP contribution is 2.37. The topological polar surface area (TPSA) is 21.3 Å². The summed E-state index contributed by atoms with van der Waals surface area (Å²) in [5.74, 6) is 1.10. The highest BCUT2D eigenvalue weighted by atomic mass is 16.5. The summed E-state index contributed by atoms with van der Waals surface area (Å²) in [6.45, 7) is 1.79. The third kappa shape index (κ3) is 2.68. The van der Waals surface area contributed by atoms with Crippen LogP contribution in [0.15, 0.2) is 42.5 Å². The molecule has 2 aromatic carbocycles. The molecule has 0 amide bonds. The number of para-hydroxylation sites is 1. The van der Waals surface area contributed by atoms with Crippen LogP contribution in [0.5, 0.6) is 5.75 Å². The third-order valence-corrected chi connectivity index (χ3v) is 4.40. The van der Waals surface area contributed by atoms with Gasteiger partial charge in [0.15, 0.2) is 0 Å². The van der Waals surface area contributed by atoms with Crippen LogP contribution in [0.2, 0.25) is 0 Å². The number of nitrogens with one attached hydrogen (secondary N) is 1. The number of rotatable bonds is 4. The van der Waals surface area contributed by atoms with Crippen molar-refractivity contribution in [2.75, 3.05) is 6.61 Å². The molecule has 1 N–H and O–H groups in total. The van der Waals surface area contributed by atoms with Crippen molar-refractivity contribution in [1.29, 1.82) is 0 Å². The van der Waals surface area contributed by atoms with Gasteiger partial charge in [0.2, 0.25) is 0 Å². The van der Waals surface area contributed by atoms with E-state index >= 15 is 0 Å². The zero-order chi connectivity index (χ0) is 14.1. The Morgan fingerprint density at radius 1 is 1.00 bits per heavy atom. The van der Waals surface area contributed by atoms with Gasteiger partial charge in [-0.3, -0.25) is 0 Å². The second-order valence-electron chi connectivity index (χ2n) is 6.06. The molecule has 0 aromatic heterocycles. The van der Waals surface area contributed by atoms with Gasteiger partial charge >= 0.3 is 0 Å². The van der Waals surface area contributed by atoms with Crippen LogP contribution in [0.3, 0.4) is 0 Å². The summed E-state index contributed by atoms with van der Waals surface area (Å²) >= 11 is 0. The predicted molar refractivity (Wildman–Crippen MR) is 85.6 cm³/mol. The molecule has 1 heterocycles. The van der Waals surface area contributed by atoms with Crippen molar-refractivity contribution in [3.63, 3.8) is 0 Å². The van der Waals surface area contributed by atoms with E-state index in [0.29, 0.717) is 0 Å². The Balaban J connectivity index is 1.72. The van der Waals surface area contributed by atoms with Crippen LogP contribution in [0.25, 0.3) is 11.1 Å². The van der Waals surface area contributed by atoms with Crippen LogP contribution in [-0.2, 0) is 13.0 Å². The summed E-state index contributed by atoms with van der Waals surface area (Å²) in [5, 5.41) is 3.62. The van der Waals surface area contributed by atoms with E-state index in [9.17, 15) is 0 Å². The van der Waals surface area contributed by atoms with Gasteiger partial charge in [-0.05, 0) is 42.4 Å². The van der Waals surface area contributed by atoms with Crippen molar-refractivity contribution < 1.29 is 4.74 Å². The number of aryl methyl sites for hydroxylation is 1. The summed E-state index contributed by atoms with van der Waals surface area (Å²) in [6.07, 6.45) is 4.91. The first-order valence-corrected chi connectivity index (χ1v) is 7.98. The van der Waals surface area contributed by atoms with Crippen LogP contribution in [0, 0.1) is 0 Å². The molecule has 0 spiro atoms. The van der Waals surface area contributed by atoms with Crippen LogP contribution in [-0.4, -0.2) is 12.6 Å². The summed E-state index contributed by atoms with van der Waals surface area (Å²) in [5.41, 5.74) is 5.28. The third-order valence-electron chi connectivity index (χ3n) is 4.40. The van der Waals surface area contributed by atoms with Gasteiger partial charge in [0, 0.05) is 18.2 Å². The van der Waals surface area contributed by atoms with Gasteiger partial charge in [0.05, 0.1) is 6.61 Å². The fourth-order valence-corrected chi connectivity index (χ4v) is 3.08. The highest BCUT2D eigenvalue weighted by Gasteiger charge is 2.21. The molecule has 0 atom stereocenters. The first kappa shape index (κ1) is 12.9. The van der Waals surface area contributed by atoms with E-state index in [4.69, 9.17) is 4.74 Å². The molecule has 0 saturated heterocycles. The van der Waals surface area contributed by atoms with Gasteiger partial charge in [-0.25, -0.2) is 0 Å². The molecule has 2 heteroatoms. The van der Waals surface area contributed by atoms with Crippen LogP contribution in [0.1, 0.15) is 30.4 Å². The molecule has 0 unspecified atom stereocenters. The number of hydrogen-bond donors (Lipinski definition) is 1. The van der Waals surface area contributed by atoms with Gasteiger partial charge in [0.1, 0.15) is 5.75 Å². The largest absolute Gasteiger partial charge is 0.493 e. The van der Waals surface area contributed by atoms with Gasteiger partial charge in [-0.1, -0.05) is 42.5 Å². The number of ether oxygens (including phenoxy) is 1. The van der Waals surface area contributed by atoms with Crippen molar-refractivity contribution in [3.8, 4) is 16.9 Å². The van der Waals surface area contributed by atoms with Crippen molar-refractivity contribution in [2.24, 2.45) is 0 Å². The molecule has 21 heavy (non-hydrogen) atoms. The standard InChI is InChI=1S/C19H21NO/c1-2-8-17(15(5-1)13-20-16-10-11-16)18-9-3-6-14-7-4-12-21-19(14)18/h1-3,5-6,8-9,16,20H,4,7,10-13H2. The Labute approximate surface area is 126 Å². The summed E-state index contributed by atoms with van der Waals surface area (Å²) in [6, 6.07) is 16.0. The van der Waals surface area contributed by atoms with E-state index in [0.717, 1.165) is 37.8 Å². The van der Waals surface area contributed by atoms with Gasteiger partial charge in [-0.2, -0.15) is 0 Å². The molecule has 2 nitrogen and oxygen atoms in total. The minimum Gasteiger partial charge on any atom is -0.493 e. The molecule has 1 fully saturated rings. The lowest BCUT2D eigenvalue weighted by atomic mass is 9.94. The minimum atomic E-state index is 0.735. The Morgan fingerprint density at radius 2 is 1.86 bits per heavy atom. The molecule has 1 aliphatic carbocycles. The van der Waals surface area contributed by atoms with Crippen LogP contribution in [0.4, 0.5) is 0 Å². The molecule has 108 valence electrons. The van der Waals surface area contributed by atoms with Gasteiger partial charge in [-0.15, -0.1) is 0 Å². The van der Waals surface area contributed by atoms with Crippen molar-refractivity contribution in [1.82, 2.24) is 5.32 Å². The average molecular weight is 279 g/mol. The molecule has 1 saturated carbocycles. The smallest absolute Gasteiger partial charge is 0.130 e. The van der Waals surface area contributed by atoms with Gasteiger partial charge < -0.3 is 10.1 Å². The van der Waals surface area contributed by atoms with Crippen LogP contribution >= 0.6 is 0 Å². The van der Waals surface area contributed by atoms with E-state index in [2.05, 4.69) is 47.8 Å². The van der Waals surface area contributed by atoms with Crippen molar-refractivity contribution in [2.45, 2.75) is 38.3 Å². The molecule has 2 aliphatic rings. The second kappa shape index (κ2) is 5.53. The fraction of sp³-hybridized carbons (Fsp3) is 0.368. The van der Waals surface area contributed by atoms with E-state index < -0.39 is 0 Å². The lowest BCUT2D eigenvalue weighted by molar-refractivity contribution is 0.289. The Bertz CT molecular complexity index is 646. The van der Waals surface area contributed by atoms with E-state index in [1.54, 1.807) is 0 Å². The van der Waals surface area contributed by atoms with E-state index in [1.165, 1.54) is 35.1 Å². The SMILES string of the molecule is c1ccc(-c2cccc3c2OCCC3)c(CNC2CC2)c1. The van der Waals surface area contributed by atoms with E-state index in [1.807, 2.05) is 0 Å². The maximum atomic E-state index is 5.98. The van der Waals surface area contributed by atoms with Gasteiger partial charge in [0.25, 0.3) is 0 Å². The summed E-state index contributed by atoms with van der Waals surface area (Å²) < 4.78 is 5.98. The van der Waals surface area contributed by atoms with Crippen LogP contribution < -0.4 is 10.1 Å². The molecular weight excluding hydrogens is 258 g/mol. The number of benzene rings is 2. The number of hydrogen-bond acceptors (Lipinski definition) is 2. The first-order valence-electron chi connectivity index (χ1n) is 7.98. The average Bonchev–Trinajstić information content (AvgIpc) is 3.37. The van der Waals surface area contributed by atoms with Crippen molar-refractivity contribution in [3.05, 3.63) is 53.6 Å². The lowest BCUT2D eigenvalue weighted by Crippen LogP contribution is -2.16. The molecule has 4 rings (SSSR count). The molecular formula is C19H21NO. The summed E-state index contributed by atoms with van der Waals surface area (Å²) in [4.78, 5) is 0. The minimum absolute atomic E-state index is 0.735. The van der Waals surface area contributed by atoms with Crippen molar-refractivity contribution >= 4 is 0 Å². The number of fused-ring (bicyclic) bond motifs is 1. The fourth-order valence-electron chi connectivity index (χ4n) is 3.08. The zero-order valence-electron chi connectivity index (χ0n) is 12.3. The zero-order valence-corrected chi connectivity index (χ0v) is 12.3. The monoisotopic (exact) mass is 279 g/mol. The molecule has 1 aliphatic heterocycles. The highest BCUT2D eigenvalue weighted by molar-refractivity contribution is 5.75. The summed E-state index contributed by atoms with van der Waals surface area (Å²) in [7, 11) is 0. The normalized spacial score (nSPS) is 17.1. The Morgan fingerprint density at radius 3 is 2.76 bits per heavy atom. The second-order valence-corrected chi connectivity index (χ2v) is 6.06. The maximum Gasteiger partial charge on any atom is 0.130 e. The Hall–Kier alpha value is -1.80. The molecule has 0 radical (unpaired) electrons. The Kier molecular flexibility index (Phi) is 3.40. The first-order chi connectivity index (χ1) is 10.4. The maximum absolute atomic E-state index is 5.98. The van der Waals surface area contributed by atoms with E-state index in [-0.39, 0.29) is 0 Å². The quantitative estimate of drug-likeness (QED) is 0.915.